The number of aliphatic hydroxyl groups is 1. The summed E-state index contributed by atoms with van der Waals surface area (Å²) in [4.78, 5) is 0. The summed E-state index contributed by atoms with van der Waals surface area (Å²) in [7, 11) is 0. The van der Waals surface area contributed by atoms with Gasteiger partial charge in [0.2, 0.25) is 0 Å². The third kappa shape index (κ3) is 1.64. The SMILES string of the molecule is OC1C2CC3CC1CC(C2)C3Cc1ccccc1. The summed E-state index contributed by atoms with van der Waals surface area (Å²) in [5.74, 6) is 3.97. The van der Waals surface area contributed by atoms with Gasteiger partial charge in [0.25, 0.3) is 0 Å². The molecule has 4 fully saturated rings. The average Bonchev–Trinajstić information content (AvgIpc) is 2.38. The Hall–Kier alpha value is -0.820. The summed E-state index contributed by atoms with van der Waals surface area (Å²) in [5, 5.41) is 10.2. The molecule has 0 unspecified atom stereocenters. The minimum absolute atomic E-state index is 0.0372. The number of benzene rings is 1. The predicted molar refractivity (Wildman–Crippen MR) is 72.1 cm³/mol. The molecule has 5 rings (SSSR count). The fourth-order valence-corrected chi connectivity index (χ4v) is 5.19. The molecule has 0 amide bonds. The molecular weight excluding hydrogens is 220 g/mol. The highest BCUT2D eigenvalue weighted by Crippen LogP contribution is 2.57. The molecule has 0 heterocycles. The largest absolute Gasteiger partial charge is 0.393 e. The molecule has 0 spiro atoms. The van der Waals surface area contributed by atoms with Gasteiger partial charge in [-0.1, -0.05) is 30.3 Å². The zero-order valence-corrected chi connectivity index (χ0v) is 10.8. The Labute approximate surface area is 109 Å². The third-order valence-corrected chi connectivity index (χ3v) is 5.91. The van der Waals surface area contributed by atoms with Crippen molar-refractivity contribution in [2.24, 2.45) is 29.6 Å². The van der Waals surface area contributed by atoms with Gasteiger partial charge in [-0.25, -0.2) is 0 Å². The fraction of sp³-hybridized carbons (Fsp3) is 0.647. The molecule has 96 valence electrons. The van der Waals surface area contributed by atoms with E-state index in [1.807, 2.05) is 0 Å². The molecule has 4 bridgehead atoms. The highest BCUT2D eigenvalue weighted by molar-refractivity contribution is 5.17. The standard InChI is InChI=1S/C17H22O/c18-17-14-7-12-8-15(17)10-13(9-14)16(12)6-11-4-2-1-3-5-11/h1-5,12-18H,6-10H2. The fourth-order valence-electron chi connectivity index (χ4n) is 5.19. The Kier molecular flexibility index (Phi) is 2.51. The first-order valence-corrected chi connectivity index (χ1v) is 7.53. The summed E-state index contributed by atoms with van der Waals surface area (Å²) < 4.78 is 0. The lowest BCUT2D eigenvalue weighted by molar-refractivity contribution is -0.121. The number of hydrogen-bond donors (Lipinski definition) is 1. The third-order valence-electron chi connectivity index (χ3n) is 5.91. The minimum Gasteiger partial charge on any atom is -0.393 e. The Bertz CT molecular complexity index is 394. The normalized spacial score (nSPS) is 45.4. The second kappa shape index (κ2) is 4.09. The van der Waals surface area contributed by atoms with Crippen LogP contribution < -0.4 is 0 Å². The van der Waals surface area contributed by atoms with Gasteiger partial charge in [0, 0.05) is 0 Å². The van der Waals surface area contributed by atoms with Crippen molar-refractivity contribution < 1.29 is 5.11 Å². The molecule has 0 aromatic heterocycles. The van der Waals surface area contributed by atoms with Crippen LogP contribution in [-0.2, 0) is 6.42 Å². The van der Waals surface area contributed by atoms with Gasteiger partial charge in [0.1, 0.15) is 0 Å². The molecule has 18 heavy (non-hydrogen) atoms. The molecule has 0 radical (unpaired) electrons. The van der Waals surface area contributed by atoms with Crippen molar-refractivity contribution in [3.8, 4) is 0 Å². The van der Waals surface area contributed by atoms with Gasteiger partial charge in [0.15, 0.2) is 0 Å². The van der Waals surface area contributed by atoms with E-state index < -0.39 is 0 Å². The molecule has 4 aliphatic rings. The van der Waals surface area contributed by atoms with Crippen LogP contribution in [0.3, 0.4) is 0 Å². The smallest absolute Gasteiger partial charge is 0.0596 e. The lowest BCUT2D eigenvalue weighted by Gasteiger charge is -2.56. The van der Waals surface area contributed by atoms with E-state index in [0.29, 0.717) is 11.8 Å². The molecule has 0 aliphatic heterocycles. The van der Waals surface area contributed by atoms with E-state index in [0.717, 1.165) is 17.8 Å². The van der Waals surface area contributed by atoms with Crippen molar-refractivity contribution in [3.05, 3.63) is 35.9 Å². The lowest BCUT2D eigenvalue weighted by atomic mass is 9.50. The summed E-state index contributed by atoms with van der Waals surface area (Å²) in [6.45, 7) is 0. The van der Waals surface area contributed by atoms with Crippen LogP contribution in [0.5, 0.6) is 0 Å². The summed E-state index contributed by atoms with van der Waals surface area (Å²) in [6.07, 6.45) is 6.50. The average molecular weight is 242 g/mol. The quantitative estimate of drug-likeness (QED) is 0.844. The molecule has 1 nitrogen and oxygen atoms in total. The van der Waals surface area contributed by atoms with Crippen LogP contribution in [-0.4, -0.2) is 11.2 Å². The molecule has 4 aliphatic carbocycles. The summed E-state index contributed by atoms with van der Waals surface area (Å²) in [6, 6.07) is 11.0. The molecule has 1 aromatic rings. The van der Waals surface area contributed by atoms with E-state index in [2.05, 4.69) is 30.3 Å². The summed E-state index contributed by atoms with van der Waals surface area (Å²) >= 11 is 0. The first-order valence-electron chi connectivity index (χ1n) is 7.53. The maximum absolute atomic E-state index is 10.2. The number of rotatable bonds is 2. The van der Waals surface area contributed by atoms with Gasteiger partial charge in [-0.15, -0.1) is 0 Å². The van der Waals surface area contributed by atoms with Crippen molar-refractivity contribution in [1.82, 2.24) is 0 Å². The maximum atomic E-state index is 10.2. The Balaban J connectivity index is 1.54. The van der Waals surface area contributed by atoms with Crippen LogP contribution in [0.2, 0.25) is 0 Å². The van der Waals surface area contributed by atoms with Gasteiger partial charge in [-0.05, 0) is 67.3 Å². The molecule has 1 N–H and O–H groups in total. The topological polar surface area (TPSA) is 20.2 Å². The molecule has 0 atom stereocenters. The van der Waals surface area contributed by atoms with E-state index in [-0.39, 0.29) is 6.10 Å². The van der Waals surface area contributed by atoms with Crippen molar-refractivity contribution in [2.45, 2.75) is 38.2 Å². The molecule has 1 aromatic carbocycles. The van der Waals surface area contributed by atoms with Crippen LogP contribution in [0, 0.1) is 29.6 Å². The van der Waals surface area contributed by atoms with Crippen molar-refractivity contribution in [3.63, 3.8) is 0 Å². The van der Waals surface area contributed by atoms with Gasteiger partial charge >= 0.3 is 0 Å². The highest BCUT2D eigenvalue weighted by atomic mass is 16.3. The Morgan fingerprint density at radius 3 is 1.94 bits per heavy atom. The van der Waals surface area contributed by atoms with Crippen LogP contribution >= 0.6 is 0 Å². The first-order chi connectivity index (χ1) is 8.81. The van der Waals surface area contributed by atoms with E-state index >= 15 is 0 Å². The number of hydrogen-bond acceptors (Lipinski definition) is 1. The highest BCUT2D eigenvalue weighted by Gasteiger charge is 2.52. The molecule has 0 saturated heterocycles. The van der Waals surface area contributed by atoms with Gasteiger partial charge in [0.05, 0.1) is 6.10 Å². The first kappa shape index (κ1) is 11.0. The second-order valence-corrected chi connectivity index (χ2v) is 6.83. The van der Waals surface area contributed by atoms with Crippen molar-refractivity contribution in [2.75, 3.05) is 0 Å². The Morgan fingerprint density at radius 2 is 1.39 bits per heavy atom. The van der Waals surface area contributed by atoms with Crippen LogP contribution in [0.25, 0.3) is 0 Å². The van der Waals surface area contributed by atoms with E-state index in [9.17, 15) is 5.11 Å². The minimum atomic E-state index is 0.0372. The van der Waals surface area contributed by atoms with E-state index in [1.54, 1.807) is 0 Å². The molecular formula is C17H22O. The van der Waals surface area contributed by atoms with Crippen LogP contribution in [0.15, 0.2) is 30.3 Å². The van der Waals surface area contributed by atoms with E-state index in [4.69, 9.17) is 0 Å². The maximum Gasteiger partial charge on any atom is 0.0596 e. The van der Waals surface area contributed by atoms with Gasteiger partial charge in [-0.2, -0.15) is 0 Å². The second-order valence-electron chi connectivity index (χ2n) is 6.83. The zero-order chi connectivity index (χ0) is 12.1. The van der Waals surface area contributed by atoms with Gasteiger partial charge < -0.3 is 5.11 Å². The molecule has 4 saturated carbocycles. The predicted octanol–water partition coefficient (Wildman–Crippen LogP) is 3.27. The monoisotopic (exact) mass is 242 g/mol. The zero-order valence-electron chi connectivity index (χ0n) is 10.8. The van der Waals surface area contributed by atoms with Crippen LogP contribution in [0.1, 0.15) is 31.2 Å². The number of aliphatic hydroxyl groups excluding tert-OH is 1. The van der Waals surface area contributed by atoms with E-state index in [1.165, 1.54) is 37.7 Å². The van der Waals surface area contributed by atoms with Crippen molar-refractivity contribution in [1.29, 1.82) is 0 Å². The van der Waals surface area contributed by atoms with Gasteiger partial charge in [-0.3, -0.25) is 0 Å². The summed E-state index contributed by atoms with van der Waals surface area (Å²) in [5.41, 5.74) is 1.51. The lowest BCUT2D eigenvalue weighted by Crippen LogP contribution is -2.52. The Morgan fingerprint density at radius 1 is 0.833 bits per heavy atom. The molecule has 1 heteroatoms. The van der Waals surface area contributed by atoms with Crippen molar-refractivity contribution >= 4 is 0 Å². The van der Waals surface area contributed by atoms with Crippen LogP contribution in [0.4, 0.5) is 0 Å².